The summed E-state index contributed by atoms with van der Waals surface area (Å²) < 4.78 is 0. The van der Waals surface area contributed by atoms with Crippen molar-refractivity contribution < 1.29 is 0 Å². The van der Waals surface area contributed by atoms with E-state index >= 15 is 0 Å². The molecule has 0 aliphatic rings. The Kier molecular flexibility index (Phi) is 5.99. The Bertz CT molecular complexity index is 1100. The molecule has 0 amide bonds. The second kappa shape index (κ2) is 9.18. The molecule has 0 unspecified atom stereocenters. The van der Waals surface area contributed by atoms with E-state index in [1.807, 2.05) is 42.5 Å². The van der Waals surface area contributed by atoms with Gasteiger partial charge >= 0.3 is 0 Å². The lowest BCUT2D eigenvalue weighted by Gasteiger charge is -2.23. The lowest BCUT2D eigenvalue weighted by Crippen LogP contribution is -2.20. The van der Waals surface area contributed by atoms with Gasteiger partial charge in [0.05, 0.1) is 17.9 Å². The fourth-order valence-electron chi connectivity index (χ4n) is 3.32. The van der Waals surface area contributed by atoms with Gasteiger partial charge in [-0.15, -0.1) is 0 Å². The molecule has 4 aromatic rings. The van der Waals surface area contributed by atoms with Crippen molar-refractivity contribution in [1.82, 2.24) is 15.0 Å². The summed E-state index contributed by atoms with van der Waals surface area (Å²) in [4.78, 5) is 16.2. The van der Waals surface area contributed by atoms with E-state index in [9.17, 15) is 0 Å². The van der Waals surface area contributed by atoms with Gasteiger partial charge in [0.15, 0.2) is 0 Å². The summed E-state index contributed by atoms with van der Waals surface area (Å²) in [5.41, 5.74) is 5.19. The Balaban J connectivity index is 1.73. The van der Waals surface area contributed by atoms with Crippen molar-refractivity contribution in [2.45, 2.75) is 20.4 Å². The van der Waals surface area contributed by atoms with E-state index in [-0.39, 0.29) is 0 Å². The van der Waals surface area contributed by atoms with Crippen molar-refractivity contribution in [1.29, 1.82) is 0 Å². The molecule has 0 bridgehead atoms. The SMILES string of the molecule is CCN(c1cccc(C)c1)c1nc(NCc2ccccn2)cc(-c2ccccc2)n1. The second-order valence-electron chi connectivity index (χ2n) is 7.06. The van der Waals surface area contributed by atoms with Crippen LogP contribution in [-0.4, -0.2) is 21.5 Å². The van der Waals surface area contributed by atoms with Gasteiger partial charge in [0.25, 0.3) is 0 Å². The van der Waals surface area contributed by atoms with Crippen LogP contribution < -0.4 is 10.2 Å². The molecule has 0 aliphatic carbocycles. The highest BCUT2D eigenvalue weighted by atomic mass is 15.3. The van der Waals surface area contributed by atoms with Crippen molar-refractivity contribution in [2.75, 3.05) is 16.8 Å². The van der Waals surface area contributed by atoms with Gasteiger partial charge in [-0.2, -0.15) is 4.98 Å². The minimum Gasteiger partial charge on any atom is -0.364 e. The maximum atomic E-state index is 4.90. The van der Waals surface area contributed by atoms with Crippen LogP contribution in [0.15, 0.2) is 85.1 Å². The number of hydrogen-bond donors (Lipinski definition) is 1. The van der Waals surface area contributed by atoms with Crippen LogP contribution in [0.2, 0.25) is 0 Å². The smallest absolute Gasteiger partial charge is 0.232 e. The third-order valence-electron chi connectivity index (χ3n) is 4.83. The molecule has 0 saturated heterocycles. The zero-order valence-electron chi connectivity index (χ0n) is 17.3. The fourth-order valence-corrected chi connectivity index (χ4v) is 3.32. The number of nitrogens with zero attached hydrogens (tertiary/aromatic N) is 4. The number of rotatable bonds is 7. The van der Waals surface area contributed by atoms with Crippen LogP contribution in [0.3, 0.4) is 0 Å². The Morgan fingerprint density at radius 2 is 1.70 bits per heavy atom. The topological polar surface area (TPSA) is 53.9 Å². The summed E-state index contributed by atoms with van der Waals surface area (Å²) in [6.07, 6.45) is 1.80. The van der Waals surface area contributed by atoms with Crippen LogP contribution in [0.1, 0.15) is 18.2 Å². The van der Waals surface area contributed by atoms with E-state index in [1.165, 1.54) is 5.56 Å². The molecule has 0 radical (unpaired) electrons. The number of hydrogen-bond acceptors (Lipinski definition) is 5. The molecule has 150 valence electrons. The number of benzene rings is 2. The molecule has 0 spiro atoms. The van der Waals surface area contributed by atoms with E-state index in [1.54, 1.807) is 6.20 Å². The summed E-state index contributed by atoms with van der Waals surface area (Å²) in [5.74, 6) is 1.45. The third-order valence-corrected chi connectivity index (χ3v) is 4.83. The maximum absolute atomic E-state index is 4.90. The van der Waals surface area contributed by atoms with Gasteiger partial charge in [0.2, 0.25) is 5.95 Å². The minimum atomic E-state index is 0.599. The van der Waals surface area contributed by atoms with Crippen molar-refractivity contribution >= 4 is 17.5 Å². The molecule has 2 aromatic carbocycles. The van der Waals surface area contributed by atoms with E-state index in [0.29, 0.717) is 12.5 Å². The van der Waals surface area contributed by atoms with Crippen molar-refractivity contribution in [3.63, 3.8) is 0 Å². The average Bonchev–Trinajstić information content (AvgIpc) is 2.79. The molecule has 0 atom stereocenters. The molecule has 1 N–H and O–H groups in total. The molecule has 2 aromatic heterocycles. The van der Waals surface area contributed by atoms with Gasteiger partial charge in [-0.3, -0.25) is 4.98 Å². The predicted octanol–water partition coefficient (Wildman–Crippen LogP) is 5.62. The van der Waals surface area contributed by atoms with Crippen LogP contribution in [0, 0.1) is 6.92 Å². The standard InChI is InChI=1S/C25H25N5/c1-3-30(22-14-9-10-19(2)16-22)25-28-23(20-11-5-4-6-12-20)17-24(29-25)27-18-21-13-7-8-15-26-21/h4-17H,3,18H2,1-2H3,(H,27,28,29). The normalized spacial score (nSPS) is 10.6. The van der Waals surface area contributed by atoms with Crippen LogP contribution in [0.4, 0.5) is 17.5 Å². The van der Waals surface area contributed by atoms with Crippen molar-refractivity contribution in [3.05, 3.63) is 96.3 Å². The lowest BCUT2D eigenvalue weighted by molar-refractivity contribution is 0.940. The van der Waals surface area contributed by atoms with Gasteiger partial charge < -0.3 is 10.2 Å². The third kappa shape index (κ3) is 4.63. The number of aromatic nitrogens is 3. The lowest BCUT2D eigenvalue weighted by atomic mass is 10.1. The first kappa shape index (κ1) is 19.6. The van der Waals surface area contributed by atoms with Crippen LogP contribution in [0.25, 0.3) is 11.3 Å². The first-order chi connectivity index (χ1) is 14.7. The fraction of sp³-hybridized carbons (Fsp3) is 0.160. The Morgan fingerprint density at radius 1 is 0.867 bits per heavy atom. The Morgan fingerprint density at radius 3 is 2.43 bits per heavy atom. The number of nitrogens with one attached hydrogen (secondary N) is 1. The Hall–Kier alpha value is -3.73. The molecule has 5 heteroatoms. The van der Waals surface area contributed by atoms with Crippen LogP contribution in [-0.2, 0) is 6.54 Å². The molecular weight excluding hydrogens is 370 g/mol. The first-order valence-corrected chi connectivity index (χ1v) is 10.2. The predicted molar refractivity (Wildman–Crippen MR) is 123 cm³/mol. The van der Waals surface area contributed by atoms with Crippen molar-refractivity contribution in [2.24, 2.45) is 0 Å². The van der Waals surface area contributed by atoms with Gasteiger partial charge in [0.1, 0.15) is 5.82 Å². The second-order valence-corrected chi connectivity index (χ2v) is 7.06. The zero-order valence-corrected chi connectivity index (χ0v) is 17.3. The summed E-state index contributed by atoms with van der Waals surface area (Å²) >= 11 is 0. The highest BCUT2D eigenvalue weighted by molar-refractivity contribution is 5.67. The summed E-state index contributed by atoms with van der Waals surface area (Å²) in [7, 11) is 0. The minimum absolute atomic E-state index is 0.599. The molecule has 0 aliphatic heterocycles. The van der Waals surface area contributed by atoms with Gasteiger partial charge in [0, 0.05) is 30.1 Å². The summed E-state index contributed by atoms with van der Waals surface area (Å²) in [6, 6.07) is 26.5. The zero-order chi connectivity index (χ0) is 20.8. The number of pyridine rings is 1. The number of aryl methyl sites for hydroxylation is 1. The molecule has 5 nitrogen and oxygen atoms in total. The number of anilines is 3. The van der Waals surface area contributed by atoms with E-state index in [0.717, 1.165) is 35.0 Å². The highest BCUT2D eigenvalue weighted by Gasteiger charge is 2.14. The van der Waals surface area contributed by atoms with Gasteiger partial charge in [-0.05, 0) is 43.7 Å². The average molecular weight is 396 g/mol. The Labute approximate surface area is 177 Å². The van der Waals surface area contributed by atoms with Crippen LogP contribution >= 0.6 is 0 Å². The first-order valence-electron chi connectivity index (χ1n) is 10.2. The summed E-state index contributed by atoms with van der Waals surface area (Å²) in [5, 5.41) is 3.41. The molecule has 0 saturated carbocycles. The monoisotopic (exact) mass is 395 g/mol. The summed E-state index contributed by atoms with van der Waals surface area (Å²) in [6.45, 7) is 5.57. The van der Waals surface area contributed by atoms with Crippen molar-refractivity contribution in [3.8, 4) is 11.3 Å². The quantitative estimate of drug-likeness (QED) is 0.440. The van der Waals surface area contributed by atoms with E-state index in [4.69, 9.17) is 9.97 Å². The largest absolute Gasteiger partial charge is 0.364 e. The molecule has 4 rings (SSSR count). The molecule has 30 heavy (non-hydrogen) atoms. The molecular formula is C25H25N5. The molecule has 2 heterocycles. The molecule has 0 fully saturated rings. The van der Waals surface area contributed by atoms with E-state index in [2.05, 4.69) is 65.4 Å². The van der Waals surface area contributed by atoms with Gasteiger partial charge in [-0.25, -0.2) is 4.98 Å². The van der Waals surface area contributed by atoms with E-state index < -0.39 is 0 Å². The van der Waals surface area contributed by atoms with Gasteiger partial charge in [-0.1, -0.05) is 48.5 Å². The maximum Gasteiger partial charge on any atom is 0.232 e. The highest BCUT2D eigenvalue weighted by Crippen LogP contribution is 2.28. The van der Waals surface area contributed by atoms with Crippen LogP contribution in [0.5, 0.6) is 0 Å².